The Hall–Kier alpha value is -3.02. The second-order valence-corrected chi connectivity index (χ2v) is 7.32. The van der Waals surface area contributed by atoms with Crippen LogP contribution in [-0.2, 0) is 0 Å². The standard InChI is InChI=1S/C21H21N5O/c1-14-7-9-15(10-8-14)20-22-21(27-24-20)16-11-12-19-18(13-16)23-25-26(19)17-5-3-2-4-6-17/h7-13,17H,2-6H2,1H3. The van der Waals surface area contributed by atoms with Crippen LogP contribution in [0.2, 0.25) is 0 Å². The van der Waals surface area contributed by atoms with Gasteiger partial charge in [0.1, 0.15) is 5.52 Å². The Morgan fingerprint density at radius 3 is 2.56 bits per heavy atom. The summed E-state index contributed by atoms with van der Waals surface area (Å²) in [6.45, 7) is 2.06. The van der Waals surface area contributed by atoms with Crippen molar-refractivity contribution in [3.05, 3.63) is 48.0 Å². The fourth-order valence-electron chi connectivity index (χ4n) is 3.83. The molecule has 6 heteroatoms. The average molecular weight is 359 g/mol. The third-order valence-electron chi connectivity index (χ3n) is 5.37. The molecule has 0 aliphatic heterocycles. The topological polar surface area (TPSA) is 69.6 Å². The predicted octanol–water partition coefficient (Wildman–Crippen LogP) is 4.96. The minimum atomic E-state index is 0.464. The molecule has 1 fully saturated rings. The van der Waals surface area contributed by atoms with Crippen LogP contribution in [0.25, 0.3) is 33.9 Å². The van der Waals surface area contributed by atoms with Gasteiger partial charge in [-0.2, -0.15) is 4.98 Å². The molecule has 1 aliphatic carbocycles. The second-order valence-electron chi connectivity index (χ2n) is 7.32. The van der Waals surface area contributed by atoms with Crippen molar-refractivity contribution in [1.29, 1.82) is 0 Å². The summed E-state index contributed by atoms with van der Waals surface area (Å²) in [5.74, 6) is 1.09. The highest BCUT2D eigenvalue weighted by Crippen LogP contribution is 2.31. The monoisotopic (exact) mass is 359 g/mol. The van der Waals surface area contributed by atoms with E-state index in [1.807, 2.05) is 36.4 Å². The zero-order valence-electron chi connectivity index (χ0n) is 15.3. The van der Waals surface area contributed by atoms with E-state index in [9.17, 15) is 0 Å². The van der Waals surface area contributed by atoms with Crippen LogP contribution >= 0.6 is 0 Å². The average Bonchev–Trinajstić information content (AvgIpc) is 3.36. The van der Waals surface area contributed by atoms with Gasteiger partial charge in [0.2, 0.25) is 5.82 Å². The Bertz CT molecular complexity index is 1070. The van der Waals surface area contributed by atoms with Crippen LogP contribution in [-0.4, -0.2) is 25.1 Å². The van der Waals surface area contributed by atoms with E-state index in [1.165, 1.54) is 37.7 Å². The van der Waals surface area contributed by atoms with Crippen molar-refractivity contribution in [3.8, 4) is 22.8 Å². The van der Waals surface area contributed by atoms with Crippen LogP contribution in [0, 0.1) is 6.92 Å². The first kappa shape index (κ1) is 16.2. The molecule has 27 heavy (non-hydrogen) atoms. The fraction of sp³-hybridized carbons (Fsp3) is 0.333. The first-order valence-electron chi connectivity index (χ1n) is 9.54. The number of hydrogen-bond acceptors (Lipinski definition) is 5. The van der Waals surface area contributed by atoms with Crippen molar-refractivity contribution in [2.45, 2.75) is 45.1 Å². The summed E-state index contributed by atoms with van der Waals surface area (Å²) in [7, 11) is 0. The normalized spacial score (nSPS) is 15.4. The van der Waals surface area contributed by atoms with Gasteiger partial charge in [-0.05, 0) is 38.0 Å². The van der Waals surface area contributed by atoms with Gasteiger partial charge in [0.25, 0.3) is 5.89 Å². The Morgan fingerprint density at radius 1 is 0.963 bits per heavy atom. The minimum absolute atomic E-state index is 0.464. The Labute approximate surface area is 157 Å². The molecule has 0 unspecified atom stereocenters. The number of hydrogen-bond donors (Lipinski definition) is 0. The third-order valence-corrected chi connectivity index (χ3v) is 5.37. The van der Waals surface area contributed by atoms with Crippen molar-refractivity contribution >= 4 is 11.0 Å². The number of benzene rings is 2. The van der Waals surface area contributed by atoms with Crippen LogP contribution in [0.3, 0.4) is 0 Å². The maximum Gasteiger partial charge on any atom is 0.258 e. The molecule has 2 heterocycles. The maximum absolute atomic E-state index is 5.49. The summed E-state index contributed by atoms with van der Waals surface area (Å²) >= 11 is 0. The molecule has 1 aliphatic rings. The molecule has 5 rings (SSSR count). The quantitative estimate of drug-likeness (QED) is 0.517. The summed E-state index contributed by atoms with van der Waals surface area (Å²) in [5, 5.41) is 12.9. The van der Waals surface area contributed by atoms with Gasteiger partial charge in [-0.1, -0.05) is 59.5 Å². The van der Waals surface area contributed by atoms with Gasteiger partial charge in [-0.3, -0.25) is 0 Å². The third kappa shape index (κ3) is 3.01. The zero-order chi connectivity index (χ0) is 18.2. The molecule has 0 radical (unpaired) electrons. The first-order valence-corrected chi connectivity index (χ1v) is 9.54. The second kappa shape index (κ2) is 6.61. The largest absolute Gasteiger partial charge is 0.334 e. The zero-order valence-corrected chi connectivity index (χ0v) is 15.3. The van der Waals surface area contributed by atoms with E-state index in [1.54, 1.807) is 0 Å². The first-order chi connectivity index (χ1) is 13.3. The summed E-state index contributed by atoms with van der Waals surface area (Å²) in [4.78, 5) is 4.55. The molecule has 0 bridgehead atoms. The van der Waals surface area contributed by atoms with E-state index < -0.39 is 0 Å². The molecule has 1 saturated carbocycles. The molecule has 0 amide bonds. The minimum Gasteiger partial charge on any atom is -0.334 e. The molecule has 0 atom stereocenters. The van der Waals surface area contributed by atoms with Crippen molar-refractivity contribution in [1.82, 2.24) is 25.1 Å². The number of rotatable bonds is 3. The number of fused-ring (bicyclic) bond motifs is 1. The van der Waals surface area contributed by atoms with Gasteiger partial charge < -0.3 is 4.52 Å². The lowest BCUT2D eigenvalue weighted by molar-refractivity contribution is 0.331. The highest BCUT2D eigenvalue weighted by atomic mass is 16.5. The SMILES string of the molecule is Cc1ccc(-c2noc(-c3ccc4c(c3)nnn4C3CCCCC3)n2)cc1. The summed E-state index contributed by atoms with van der Waals surface area (Å²) in [5.41, 5.74) is 4.95. The van der Waals surface area contributed by atoms with Crippen LogP contribution < -0.4 is 0 Å². The predicted molar refractivity (Wildman–Crippen MR) is 103 cm³/mol. The lowest BCUT2D eigenvalue weighted by Gasteiger charge is -2.21. The summed E-state index contributed by atoms with van der Waals surface area (Å²) in [6, 6.07) is 14.6. The van der Waals surface area contributed by atoms with Crippen LogP contribution in [0.5, 0.6) is 0 Å². The summed E-state index contributed by atoms with van der Waals surface area (Å²) in [6.07, 6.45) is 6.24. The van der Waals surface area contributed by atoms with Gasteiger partial charge in [-0.25, -0.2) is 4.68 Å². The van der Waals surface area contributed by atoms with Gasteiger partial charge >= 0.3 is 0 Å². The number of aryl methyl sites for hydroxylation is 1. The highest BCUT2D eigenvalue weighted by molar-refractivity contribution is 5.80. The molecule has 4 aromatic rings. The lowest BCUT2D eigenvalue weighted by Crippen LogP contribution is -2.14. The molecule has 0 saturated heterocycles. The maximum atomic E-state index is 5.49. The number of nitrogens with zero attached hydrogens (tertiary/aromatic N) is 5. The van der Waals surface area contributed by atoms with Crippen LogP contribution in [0.1, 0.15) is 43.7 Å². The Balaban J connectivity index is 1.46. The van der Waals surface area contributed by atoms with E-state index in [2.05, 4.69) is 38.1 Å². The van der Waals surface area contributed by atoms with Gasteiger partial charge in [-0.15, -0.1) is 5.10 Å². The lowest BCUT2D eigenvalue weighted by atomic mass is 9.95. The van der Waals surface area contributed by atoms with Crippen LogP contribution in [0.15, 0.2) is 47.0 Å². The highest BCUT2D eigenvalue weighted by Gasteiger charge is 2.19. The van der Waals surface area contributed by atoms with E-state index in [4.69, 9.17) is 4.52 Å². The molecule has 2 aromatic carbocycles. The number of aromatic nitrogens is 5. The van der Waals surface area contributed by atoms with Crippen molar-refractivity contribution < 1.29 is 4.52 Å². The smallest absolute Gasteiger partial charge is 0.258 e. The van der Waals surface area contributed by atoms with E-state index in [0.717, 1.165) is 22.2 Å². The molecule has 6 nitrogen and oxygen atoms in total. The molecule has 136 valence electrons. The van der Waals surface area contributed by atoms with Crippen LogP contribution in [0.4, 0.5) is 0 Å². The van der Waals surface area contributed by atoms with Gasteiger partial charge in [0.05, 0.1) is 11.6 Å². The molecular weight excluding hydrogens is 338 g/mol. The van der Waals surface area contributed by atoms with E-state index in [0.29, 0.717) is 17.8 Å². The van der Waals surface area contributed by atoms with Crippen molar-refractivity contribution in [2.24, 2.45) is 0 Å². The molecule has 2 aromatic heterocycles. The van der Waals surface area contributed by atoms with E-state index >= 15 is 0 Å². The Kier molecular flexibility index (Phi) is 3.96. The molecule has 0 spiro atoms. The Morgan fingerprint density at radius 2 is 1.74 bits per heavy atom. The van der Waals surface area contributed by atoms with Gasteiger partial charge in [0, 0.05) is 11.1 Å². The van der Waals surface area contributed by atoms with Crippen molar-refractivity contribution in [2.75, 3.05) is 0 Å². The van der Waals surface area contributed by atoms with Crippen molar-refractivity contribution in [3.63, 3.8) is 0 Å². The molecular formula is C21H21N5O. The summed E-state index contributed by atoms with van der Waals surface area (Å²) < 4.78 is 7.58. The fourth-order valence-corrected chi connectivity index (χ4v) is 3.83. The van der Waals surface area contributed by atoms with Gasteiger partial charge in [0.15, 0.2) is 0 Å². The molecule has 0 N–H and O–H groups in total. The van der Waals surface area contributed by atoms with E-state index in [-0.39, 0.29) is 0 Å².